The molecule has 1 N–H and O–H groups in total. The highest BCUT2D eigenvalue weighted by Gasteiger charge is 2.35. The molecule has 2 fully saturated rings. The first-order valence-electron chi connectivity index (χ1n) is 8.11. The smallest absolute Gasteiger partial charge is 0.0705 e. The first-order chi connectivity index (χ1) is 10.3. The molecule has 1 aromatic heterocycles. The zero-order valence-corrected chi connectivity index (χ0v) is 12.6. The molecule has 1 saturated carbocycles. The number of para-hydroxylation sites is 1. The van der Waals surface area contributed by atoms with E-state index in [2.05, 4.69) is 52.5 Å². The third-order valence-corrected chi connectivity index (χ3v) is 5.03. The molecule has 0 bridgehead atoms. The highest BCUT2D eigenvalue weighted by atomic mass is 15.2. The van der Waals surface area contributed by atoms with Gasteiger partial charge in [-0.2, -0.15) is 0 Å². The standard InChI is InChI=1S/C18H23N3/c1-13-10-20-18(14-6-7-14)12-21(13)11-15-8-9-19-17-5-3-2-4-16(15)17/h2-5,8-9,13-14,18,20H,6-7,10-12H2,1H3. The van der Waals surface area contributed by atoms with Crippen molar-refractivity contribution >= 4 is 10.9 Å². The predicted octanol–water partition coefficient (Wildman–Crippen LogP) is 2.81. The number of nitrogens with zero attached hydrogens (tertiary/aromatic N) is 2. The number of aromatic nitrogens is 1. The highest BCUT2D eigenvalue weighted by Crippen LogP contribution is 2.34. The van der Waals surface area contributed by atoms with Gasteiger partial charge in [-0.25, -0.2) is 0 Å². The summed E-state index contributed by atoms with van der Waals surface area (Å²) in [4.78, 5) is 7.12. The van der Waals surface area contributed by atoms with Gasteiger partial charge in [0.25, 0.3) is 0 Å². The van der Waals surface area contributed by atoms with Crippen LogP contribution in [0.5, 0.6) is 0 Å². The summed E-state index contributed by atoms with van der Waals surface area (Å²) in [5.41, 5.74) is 2.51. The molecule has 2 aliphatic rings. The SMILES string of the molecule is CC1CNC(C2CC2)CN1Cc1ccnc2ccccc12. The quantitative estimate of drug-likeness (QED) is 0.937. The Kier molecular flexibility index (Phi) is 3.40. The van der Waals surface area contributed by atoms with E-state index < -0.39 is 0 Å². The van der Waals surface area contributed by atoms with Gasteiger partial charge in [-0.15, -0.1) is 0 Å². The lowest BCUT2D eigenvalue weighted by Crippen LogP contribution is -2.55. The van der Waals surface area contributed by atoms with E-state index in [1.54, 1.807) is 0 Å². The molecule has 2 aromatic rings. The van der Waals surface area contributed by atoms with Gasteiger partial charge in [-0.05, 0) is 43.4 Å². The zero-order chi connectivity index (χ0) is 14.2. The molecule has 2 unspecified atom stereocenters. The van der Waals surface area contributed by atoms with E-state index in [1.807, 2.05) is 6.20 Å². The molecule has 1 saturated heterocycles. The number of rotatable bonds is 3. The Morgan fingerprint density at radius 3 is 2.95 bits per heavy atom. The van der Waals surface area contributed by atoms with Crippen molar-refractivity contribution in [3.63, 3.8) is 0 Å². The fourth-order valence-corrected chi connectivity index (χ4v) is 3.49. The van der Waals surface area contributed by atoms with Crippen molar-refractivity contribution < 1.29 is 0 Å². The molecule has 3 heteroatoms. The molecule has 0 radical (unpaired) electrons. The number of hydrogen-bond acceptors (Lipinski definition) is 3. The van der Waals surface area contributed by atoms with Gasteiger partial charge in [0.05, 0.1) is 5.52 Å². The first-order valence-corrected chi connectivity index (χ1v) is 8.11. The van der Waals surface area contributed by atoms with Gasteiger partial charge in [0.2, 0.25) is 0 Å². The minimum absolute atomic E-state index is 0.604. The van der Waals surface area contributed by atoms with Crippen molar-refractivity contribution in [3.8, 4) is 0 Å². The maximum absolute atomic E-state index is 4.48. The number of nitrogens with one attached hydrogen (secondary N) is 1. The van der Waals surface area contributed by atoms with E-state index in [-0.39, 0.29) is 0 Å². The second-order valence-corrected chi connectivity index (χ2v) is 6.62. The fourth-order valence-electron chi connectivity index (χ4n) is 3.49. The van der Waals surface area contributed by atoms with Crippen molar-refractivity contribution in [2.45, 2.75) is 38.4 Å². The predicted molar refractivity (Wildman–Crippen MR) is 86.1 cm³/mol. The van der Waals surface area contributed by atoms with Crippen LogP contribution in [0.4, 0.5) is 0 Å². The van der Waals surface area contributed by atoms with Crippen molar-refractivity contribution in [1.29, 1.82) is 0 Å². The monoisotopic (exact) mass is 281 g/mol. The second kappa shape index (κ2) is 5.39. The molecular formula is C18H23N3. The van der Waals surface area contributed by atoms with Crippen LogP contribution in [0.2, 0.25) is 0 Å². The van der Waals surface area contributed by atoms with E-state index in [0.29, 0.717) is 12.1 Å². The molecule has 1 aliphatic carbocycles. The molecule has 1 aromatic carbocycles. The van der Waals surface area contributed by atoms with Crippen LogP contribution in [0.1, 0.15) is 25.3 Å². The van der Waals surface area contributed by atoms with Crippen LogP contribution >= 0.6 is 0 Å². The Bertz CT molecular complexity index is 630. The maximum atomic E-state index is 4.48. The number of piperazine rings is 1. The summed E-state index contributed by atoms with van der Waals surface area (Å²) in [5, 5.41) is 5.03. The van der Waals surface area contributed by atoms with Gasteiger partial charge in [0.1, 0.15) is 0 Å². The average molecular weight is 281 g/mol. The number of hydrogen-bond donors (Lipinski definition) is 1. The molecule has 1 aliphatic heterocycles. The van der Waals surface area contributed by atoms with E-state index in [4.69, 9.17) is 0 Å². The van der Waals surface area contributed by atoms with Crippen LogP contribution in [0.3, 0.4) is 0 Å². The van der Waals surface area contributed by atoms with Crippen molar-refractivity contribution in [2.75, 3.05) is 13.1 Å². The van der Waals surface area contributed by atoms with Gasteiger partial charge in [-0.1, -0.05) is 18.2 Å². The molecule has 4 rings (SSSR count). The summed E-state index contributed by atoms with van der Waals surface area (Å²) < 4.78 is 0. The Morgan fingerprint density at radius 2 is 2.10 bits per heavy atom. The third-order valence-electron chi connectivity index (χ3n) is 5.03. The van der Waals surface area contributed by atoms with Crippen molar-refractivity contribution in [3.05, 3.63) is 42.1 Å². The van der Waals surface area contributed by atoms with Gasteiger partial charge < -0.3 is 5.32 Å². The van der Waals surface area contributed by atoms with E-state index >= 15 is 0 Å². The average Bonchev–Trinajstić information content (AvgIpc) is 3.35. The summed E-state index contributed by atoms with van der Waals surface area (Å²) in [6.45, 7) is 5.67. The van der Waals surface area contributed by atoms with Crippen LogP contribution in [0.25, 0.3) is 10.9 Å². The summed E-state index contributed by atoms with van der Waals surface area (Å²) >= 11 is 0. The first kappa shape index (κ1) is 13.2. The fraction of sp³-hybridized carbons (Fsp3) is 0.500. The molecule has 0 spiro atoms. The van der Waals surface area contributed by atoms with Gasteiger partial charge in [0.15, 0.2) is 0 Å². The molecular weight excluding hydrogens is 258 g/mol. The van der Waals surface area contributed by atoms with Crippen LogP contribution in [0, 0.1) is 5.92 Å². The van der Waals surface area contributed by atoms with Crippen LogP contribution in [-0.2, 0) is 6.54 Å². The summed E-state index contributed by atoms with van der Waals surface area (Å²) in [5.74, 6) is 0.925. The highest BCUT2D eigenvalue weighted by molar-refractivity contribution is 5.81. The minimum Gasteiger partial charge on any atom is -0.311 e. The maximum Gasteiger partial charge on any atom is 0.0705 e. The van der Waals surface area contributed by atoms with Crippen LogP contribution in [0.15, 0.2) is 36.5 Å². The van der Waals surface area contributed by atoms with Gasteiger partial charge in [0, 0.05) is 43.3 Å². The van der Waals surface area contributed by atoms with E-state index in [9.17, 15) is 0 Å². The lowest BCUT2D eigenvalue weighted by molar-refractivity contribution is 0.126. The lowest BCUT2D eigenvalue weighted by Gasteiger charge is -2.39. The number of pyridine rings is 1. The Morgan fingerprint density at radius 1 is 1.24 bits per heavy atom. The summed E-state index contributed by atoms with van der Waals surface area (Å²) in [6.07, 6.45) is 4.78. The van der Waals surface area contributed by atoms with Crippen LogP contribution < -0.4 is 5.32 Å². The minimum atomic E-state index is 0.604. The molecule has 0 amide bonds. The zero-order valence-electron chi connectivity index (χ0n) is 12.6. The van der Waals surface area contributed by atoms with Gasteiger partial charge >= 0.3 is 0 Å². The van der Waals surface area contributed by atoms with E-state index in [0.717, 1.165) is 24.5 Å². The summed E-state index contributed by atoms with van der Waals surface area (Å²) in [7, 11) is 0. The third kappa shape index (κ3) is 2.68. The van der Waals surface area contributed by atoms with E-state index in [1.165, 1.54) is 30.3 Å². The normalized spacial score (nSPS) is 27.1. The Hall–Kier alpha value is -1.45. The number of benzene rings is 1. The second-order valence-electron chi connectivity index (χ2n) is 6.62. The molecule has 110 valence electrons. The Balaban J connectivity index is 1.58. The topological polar surface area (TPSA) is 28.2 Å². The molecule has 3 nitrogen and oxygen atoms in total. The molecule has 2 heterocycles. The molecule has 21 heavy (non-hydrogen) atoms. The molecule has 2 atom stereocenters. The van der Waals surface area contributed by atoms with Gasteiger partial charge in [-0.3, -0.25) is 9.88 Å². The largest absolute Gasteiger partial charge is 0.311 e. The summed E-state index contributed by atoms with van der Waals surface area (Å²) in [6, 6.07) is 12.0. The lowest BCUT2D eigenvalue weighted by atomic mass is 10.0. The van der Waals surface area contributed by atoms with Crippen molar-refractivity contribution in [2.24, 2.45) is 5.92 Å². The number of fused-ring (bicyclic) bond motifs is 1. The van der Waals surface area contributed by atoms with Crippen molar-refractivity contribution in [1.82, 2.24) is 15.2 Å². The van der Waals surface area contributed by atoms with Crippen LogP contribution in [-0.4, -0.2) is 35.1 Å². The Labute approximate surface area is 126 Å².